The fraction of sp³-hybridized carbons (Fsp3) is 0.138. The van der Waals surface area contributed by atoms with Crippen molar-refractivity contribution in [3.05, 3.63) is 124 Å². The van der Waals surface area contributed by atoms with Crippen molar-refractivity contribution in [3.8, 4) is 22.7 Å². The molecule has 7 heteroatoms. The van der Waals surface area contributed by atoms with Crippen LogP contribution in [-0.2, 0) is 13.0 Å². The Morgan fingerprint density at radius 1 is 0.889 bits per heavy atom. The van der Waals surface area contributed by atoms with Crippen LogP contribution in [0.4, 0.5) is 0 Å². The van der Waals surface area contributed by atoms with E-state index in [1.54, 1.807) is 19.5 Å². The van der Waals surface area contributed by atoms with E-state index in [-0.39, 0.29) is 11.5 Å². The maximum atomic E-state index is 13.3. The summed E-state index contributed by atoms with van der Waals surface area (Å²) in [5, 5.41) is 7.55. The van der Waals surface area contributed by atoms with Crippen molar-refractivity contribution in [1.82, 2.24) is 19.7 Å². The molecular formula is C29H26N4O3. The van der Waals surface area contributed by atoms with E-state index in [1.807, 2.05) is 89.5 Å². The van der Waals surface area contributed by atoms with Crippen LogP contribution in [0.3, 0.4) is 0 Å². The van der Waals surface area contributed by atoms with Gasteiger partial charge in [0, 0.05) is 25.5 Å². The van der Waals surface area contributed by atoms with Gasteiger partial charge in [-0.1, -0.05) is 60.7 Å². The fourth-order valence-corrected chi connectivity index (χ4v) is 4.16. The second kappa shape index (κ2) is 10.3. The van der Waals surface area contributed by atoms with Crippen LogP contribution in [0.15, 0.2) is 102 Å². The van der Waals surface area contributed by atoms with E-state index in [2.05, 4.69) is 10.4 Å². The van der Waals surface area contributed by atoms with E-state index in [9.17, 15) is 9.59 Å². The molecule has 0 saturated heterocycles. The standard InChI is InChI=1S/C29H26N4O3/c1-36-24-14-12-21(13-15-24)16-17-30-28(34)25-19-32(18-22-8-4-2-5-9-22)20-26-27(25)31-33(29(26)35)23-10-6-3-7-11-23/h2-15,19-20H,16-18H2,1H3,(H,30,34). The number of nitrogens with one attached hydrogen (secondary N) is 1. The summed E-state index contributed by atoms with van der Waals surface area (Å²) in [6.07, 6.45) is 4.20. The third kappa shape index (κ3) is 4.90. The topological polar surface area (TPSA) is 78.1 Å². The molecule has 0 bridgehead atoms. The Hall–Kier alpha value is -4.65. The van der Waals surface area contributed by atoms with E-state index in [4.69, 9.17) is 4.74 Å². The Bertz CT molecular complexity index is 1490. The lowest BCUT2D eigenvalue weighted by atomic mass is 10.1. The molecular weight excluding hydrogens is 452 g/mol. The Morgan fingerprint density at radius 3 is 2.28 bits per heavy atom. The normalized spacial score (nSPS) is 10.9. The molecule has 36 heavy (non-hydrogen) atoms. The van der Waals surface area contributed by atoms with Gasteiger partial charge in [-0.3, -0.25) is 9.59 Å². The van der Waals surface area contributed by atoms with E-state index in [0.717, 1.165) is 16.9 Å². The first kappa shape index (κ1) is 23.1. The van der Waals surface area contributed by atoms with Crippen molar-refractivity contribution in [2.45, 2.75) is 13.0 Å². The lowest BCUT2D eigenvalue weighted by Crippen LogP contribution is -2.27. The van der Waals surface area contributed by atoms with Gasteiger partial charge in [0.2, 0.25) is 0 Å². The van der Waals surface area contributed by atoms with Gasteiger partial charge < -0.3 is 14.6 Å². The lowest BCUT2D eigenvalue weighted by molar-refractivity contribution is 0.0953. The minimum Gasteiger partial charge on any atom is -0.497 e. The predicted octanol–water partition coefficient (Wildman–Crippen LogP) is 4.17. The van der Waals surface area contributed by atoms with Gasteiger partial charge in [0.25, 0.3) is 11.5 Å². The molecule has 2 heterocycles. The largest absolute Gasteiger partial charge is 0.497 e. The molecule has 0 unspecified atom stereocenters. The van der Waals surface area contributed by atoms with Gasteiger partial charge in [-0.05, 0) is 41.8 Å². The first-order valence-electron chi connectivity index (χ1n) is 11.8. The zero-order chi connectivity index (χ0) is 24.9. The van der Waals surface area contributed by atoms with E-state index >= 15 is 0 Å². The number of methoxy groups -OCH3 is 1. The van der Waals surface area contributed by atoms with Gasteiger partial charge in [0.05, 0.1) is 23.9 Å². The first-order chi connectivity index (χ1) is 17.6. The molecule has 2 aliphatic heterocycles. The lowest BCUT2D eigenvalue weighted by Gasteiger charge is -2.13. The van der Waals surface area contributed by atoms with E-state index in [1.165, 1.54) is 4.68 Å². The average Bonchev–Trinajstić information content (AvgIpc) is 3.26. The number of pyridine rings is 1. The van der Waals surface area contributed by atoms with Crippen molar-refractivity contribution < 1.29 is 9.53 Å². The summed E-state index contributed by atoms with van der Waals surface area (Å²) >= 11 is 0. The summed E-state index contributed by atoms with van der Waals surface area (Å²) in [6, 6.07) is 26.9. The number of hydrogen-bond donors (Lipinski definition) is 1. The number of amides is 1. The highest BCUT2D eigenvalue weighted by Gasteiger charge is 2.24. The van der Waals surface area contributed by atoms with Gasteiger partial charge in [-0.25, -0.2) is 0 Å². The number of rotatable bonds is 8. The van der Waals surface area contributed by atoms with Crippen LogP contribution < -0.4 is 15.6 Å². The number of carbonyl (C=O) groups excluding carboxylic acids is 1. The summed E-state index contributed by atoms with van der Waals surface area (Å²) in [6.45, 7) is 0.975. The highest BCUT2D eigenvalue weighted by atomic mass is 16.5. The molecule has 7 nitrogen and oxygen atoms in total. The third-order valence-electron chi connectivity index (χ3n) is 6.03. The van der Waals surface area contributed by atoms with Crippen LogP contribution in [0.5, 0.6) is 5.75 Å². The molecule has 0 aliphatic carbocycles. The summed E-state index contributed by atoms with van der Waals surface area (Å²) < 4.78 is 8.42. The van der Waals surface area contributed by atoms with Gasteiger partial charge in [0.1, 0.15) is 11.4 Å². The average molecular weight is 479 g/mol. The molecule has 0 fully saturated rings. The Morgan fingerprint density at radius 2 is 1.58 bits per heavy atom. The maximum absolute atomic E-state index is 13.3. The summed E-state index contributed by atoms with van der Waals surface area (Å²) in [5.74, 6) is 0.522. The maximum Gasteiger partial charge on any atom is 0.282 e. The van der Waals surface area contributed by atoms with Crippen molar-refractivity contribution in [1.29, 1.82) is 0 Å². The molecule has 2 aliphatic rings. The van der Waals surface area contributed by atoms with Crippen LogP contribution in [0.1, 0.15) is 21.5 Å². The zero-order valence-corrected chi connectivity index (χ0v) is 19.9. The van der Waals surface area contributed by atoms with E-state index < -0.39 is 0 Å². The second-order valence-corrected chi connectivity index (χ2v) is 8.50. The van der Waals surface area contributed by atoms with Gasteiger partial charge in [-0.2, -0.15) is 9.78 Å². The minimum absolute atomic E-state index is 0.258. The SMILES string of the molecule is COc1ccc(CCNC(=O)c2cn(Cc3ccccc3)cc3c(=O)n(-c4ccccc4)nc2-3)cc1. The van der Waals surface area contributed by atoms with E-state index in [0.29, 0.717) is 42.0 Å². The van der Waals surface area contributed by atoms with Crippen LogP contribution in [0.25, 0.3) is 16.9 Å². The van der Waals surface area contributed by atoms with Crippen molar-refractivity contribution in [2.24, 2.45) is 0 Å². The molecule has 3 aromatic carbocycles. The molecule has 1 N–H and O–H groups in total. The number of carbonyl (C=O) groups is 1. The molecule has 180 valence electrons. The number of benzene rings is 3. The summed E-state index contributed by atoms with van der Waals surface area (Å²) in [5.41, 5.74) is 3.70. The van der Waals surface area contributed by atoms with Crippen molar-refractivity contribution in [3.63, 3.8) is 0 Å². The molecule has 5 rings (SSSR count). The third-order valence-corrected chi connectivity index (χ3v) is 6.03. The molecule has 0 atom stereocenters. The summed E-state index contributed by atoms with van der Waals surface area (Å²) in [7, 11) is 1.63. The van der Waals surface area contributed by atoms with Crippen LogP contribution in [0.2, 0.25) is 0 Å². The second-order valence-electron chi connectivity index (χ2n) is 8.50. The number of fused-ring (bicyclic) bond motifs is 1. The predicted molar refractivity (Wildman–Crippen MR) is 139 cm³/mol. The highest BCUT2D eigenvalue weighted by molar-refractivity contribution is 5.99. The molecule has 0 aromatic heterocycles. The smallest absolute Gasteiger partial charge is 0.282 e. The van der Waals surface area contributed by atoms with Gasteiger partial charge in [0.15, 0.2) is 0 Å². The zero-order valence-electron chi connectivity index (χ0n) is 19.9. The number of nitrogens with zero attached hydrogens (tertiary/aromatic N) is 3. The summed E-state index contributed by atoms with van der Waals surface area (Å²) in [4.78, 5) is 26.6. The minimum atomic E-state index is -0.270. The van der Waals surface area contributed by atoms with Gasteiger partial charge in [-0.15, -0.1) is 0 Å². The Kier molecular flexibility index (Phi) is 6.62. The molecule has 1 amide bonds. The molecule has 3 aromatic rings. The first-order valence-corrected chi connectivity index (χ1v) is 11.8. The number of aromatic nitrogens is 3. The number of para-hydroxylation sites is 1. The molecule has 0 spiro atoms. The molecule has 0 radical (unpaired) electrons. The highest BCUT2D eigenvalue weighted by Crippen LogP contribution is 2.23. The Balaban J connectivity index is 1.46. The fourth-order valence-electron chi connectivity index (χ4n) is 4.16. The van der Waals surface area contributed by atoms with Crippen molar-refractivity contribution >= 4 is 5.91 Å². The quantitative estimate of drug-likeness (QED) is 0.363. The van der Waals surface area contributed by atoms with Crippen LogP contribution in [0, 0.1) is 0 Å². The Labute approximate surface area is 208 Å². The molecule has 0 saturated carbocycles. The van der Waals surface area contributed by atoms with Crippen molar-refractivity contribution in [2.75, 3.05) is 13.7 Å². The number of hydrogen-bond acceptors (Lipinski definition) is 4. The van der Waals surface area contributed by atoms with Crippen LogP contribution >= 0.6 is 0 Å². The monoisotopic (exact) mass is 478 g/mol. The number of ether oxygens (including phenoxy) is 1. The van der Waals surface area contributed by atoms with Crippen LogP contribution in [-0.4, -0.2) is 33.9 Å². The van der Waals surface area contributed by atoms with Gasteiger partial charge >= 0.3 is 0 Å².